The average Bonchev–Trinajstić information content (AvgIpc) is 2.58. The van der Waals surface area contributed by atoms with E-state index in [1.165, 1.54) is 33.1 Å². The van der Waals surface area contributed by atoms with E-state index in [4.69, 9.17) is 9.47 Å². The lowest BCUT2D eigenvalue weighted by Gasteiger charge is -2.28. The van der Waals surface area contributed by atoms with Crippen molar-refractivity contribution in [1.82, 2.24) is 0 Å². The van der Waals surface area contributed by atoms with Gasteiger partial charge in [-0.05, 0) is 36.5 Å². The number of carbonyl (C=O) groups excluding carboxylic acids is 2. The normalized spacial score (nSPS) is 18.1. The van der Waals surface area contributed by atoms with Crippen LogP contribution < -0.4 is 0 Å². The van der Waals surface area contributed by atoms with E-state index in [2.05, 4.69) is 0 Å². The zero-order valence-electron chi connectivity index (χ0n) is 14.4. The summed E-state index contributed by atoms with van der Waals surface area (Å²) in [6.45, 7) is 2.83. The molecule has 1 aliphatic carbocycles. The molecule has 24 heavy (non-hydrogen) atoms. The van der Waals surface area contributed by atoms with Crippen LogP contribution in [0.15, 0.2) is 42.5 Å². The summed E-state index contributed by atoms with van der Waals surface area (Å²) in [5, 5.41) is 0. The third-order valence-electron chi connectivity index (χ3n) is 4.31. The molecular formula is C20H26O4. The first-order valence-electron chi connectivity index (χ1n) is 8.64. The van der Waals surface area contributed by atoms with Crippen LogP contribution in [0, 0.1) is 5.92 Å². The molecule has 0 spiro atoms. The second-order valence-electron chi connectivity index (χ2n) is 6.30. The van der Waals surface area contributed by atoms with E-state index in [1.807, 2.05) is 42.5 Å². The van der Waals surface area contributed by atoms with E-state index in [-0.39, 0.29) is 18.0 Å². The van der Waals surface area contributed by atoms with Gasteiger partial charge in [-0.15, -0.1) is 0 Å². The lowest BCUT2D eigenvalue weighted by molar-refractivity contribution is -0.147. The minimum Gasteiger partial charge on any atom is -0.458 e. The van der Waals surface area contributed by atoms with Gasteiger partial charge >= 0.3 is 11.9 Å². The van der Waals surface area contributed by atoms with E-state index in [9.17, 15) is 9.59 Å². The maximum atomic E-state index is 11.4. The van der Waals surface area contributed by atoms with Crippen LogP contribution in [0.1, 0.15) is 57.6 Å². The molecule has 1 aliphatic rings. The van der Waals surface area contributed by atoms with Crippen molar-refractivity contribution in [1.29, 1.82) is 0 Å². The van der Waals surface area contributed by atoms with E-state index in [0.29, 0.717) is 5.92 Å². The highest BCUT2D eigenvalue weighted by Crippen LogP contribution is 2.30. The maximum absolute atomic E-state index is 11.4. The van der Waals surface area contributed by atoms with Crippen molar-refractivity contribution in [2.24, 2.45) is 5.92 Å². The van der Waals surface area contributed by atoms with E-state index >= 15 is 0 Å². The molecule has 1 fully saturated rings. The molecule has 1 aromatic carbocycles. The molecule has 1 aromatic rings. The van der Waals surface area contributed by atoms with Crippen molar-refractivity contribution >= 4 is 11.9 Å². The number of hydrogen-bond acceptors (Lipinski definition) is 4. The third kappa shape index (κ3) is 5.84. The fraction of sp³-hybridized carbons (Fsp3) is 0.500. The Morgan fingerprint density at radius 3 is 2.17 bits per heavy atom. The van der Waals surface area contributed by atoms with Crippen molar-refractivity contribution in [2.45, 2.75) is 58.2 Å². The van der Waals surface area contributed by atoms with Crippen LogP contribution in [-0.2, 0) is 19.1 Å². The lowest BCUT2D eigenvalue weighted by atomic mass is 9.85. The number of esters is 2. The molecule has 0 heterocycles. The van der Waals surface area contributed by atoms with Crippen LogP contribution in [0.3, 0.4) is 0 Å². The number of carbonyl (C=O) groups is 2. The summed E-state index contributed by atoms with van der Waals surface area (Å²) >= 11 is 0. The summed E-state index contributed by atoms with van der Waals surface area (Å²) in [5.74, 6) is -0.276. The number of benzene rings is 1. The number of rotatable bonds is 6. The summed E-state index contributed by atoms with van der Waals surface area (Å²) in [7, 11) is 0. The maximum Gasteiger partial charge on any atom is 0.303 e. The molecule has 0 N–H and O–H groups in total. The fourth-order valence-corrected chi connectivity index (χ4v) is 3.20. The van der Waals surface area contributed by atoms with Crippen LogP contribution in [0.5, 0.6) is 0 Å². The van der Waals surface area contributed by atoms with Gasteiger partial charge in [-0.25, -0.2) is 0 Å². The highest BCUT2D eigenvalue weighted by molar-refractivity contribution is 5.67. The number of ether oxygens (including phenoxy) is 2. The van der Waals surface area contributed by atoms with Gasteiger partial charge in [-0.3, -0.25) is 9.59 Å². The van der Waals surface area contributed by atoms with Crippen molar-refractivity contribution in [3.63, 3.8) is 0 Å². The molecule has 0 saturated heterocycles. The molecule has 0 radical (unpaired) electrons. The molecule has 4 heteroatoms. The Labute approximate surface area is 143 Å². The van der Waals surface area contributed by atoms with Gasteiger partial charge in [-0.2, -0.15) is 0 Å². The summed E-state index contributed by atoms with van der Waals surface area (Å²) < 4.78 is 10.9. The van der Waals surface area contributed by atoms with E-state index < -0.39 is 6.10 Å². The second kappa shape index (κ2) is 9.26. The first-order valence-corrected chi connectivity index (χ1v) is 8.64. The topological polar surface area (TPSA) is 52.6 Å². The SMILES string of the molecule is CC(=O)O[C@H](/C=C/[C@@H](OC(C)=O)C1CCCCC1)c1ccccc1. The standard InChI is InChI=1S/C20H26O4/c1-15(21)23-19(17-9-5-3-6-10-17)13-14-20(24-16(2)22)18-11-7-4-8-12-18/h3,5-6,9-10,13-14,18-20H,4,7-8,11-12H2,1-2H3/b14-13+/t19-,20-/m1/s1. The van der Waals surface area contributed by atoms with Crippen LogP contribution in [0.25, 0.3) is 0 Å². The van der Waals surface area contributed by atoms with Gasteiger partial charge < -0.3 is 9.47 Å². The van der Waals surface area contributed by atoms with Gasteiger partial charge in [0.1, 0.15) is 12.2 Å². The monoisotopic (exact) mass is 330 g/mol. The molecule has 0 amide bonds. The Morgan fingerprint density at radius 1 is 0.958 bits per heavy atom. The molecule has 130 valence electrons. The average molecular weight is 330 g/mol. The van der Waals surface area contributed by atoms with Crippen LogP contribution in [-0.4, -0.2) is 18.0 Å². The molecular weight excluding hydrogens is 304 g/mol. The lowest BCUT2D eigenvalue weighted by Crippen LogP contribution is -2.26. The van der Waals surface area contributed by atoms with Crippen LogP contribution >= 0.6 is 0 Å². The number of hydrogen-bond donors (Lipinski definition) is 0. The van der Waals surface area contributed by atoms with Crippen molar-refractivity contribution in [2.75, 3.05) is 0 Å². The molecule has 2 atom stereocenters. The summed E-state index contributed by atoms with van der Waals surface area (Å²) in [6, 6.07) is 9.56. The largest absolute Gasteiger partial charge is 0.458 e. The van der Waals surface area contributed by atoms with Crippen molar-refractivity contribution in [3.8, 4) is 0 Å². The summed E-state index contributed by atoms with van der Waals surface area (Å²) in [4.78, 5) is 22.9. The van der Waals surface area contributed by atoms with Gasteiger partial charge in [0.25, 0.3) is 0 Å². The Balaban J connectivity index is 2.15. The first kappa shape index (κ1) is 18.2. The molecule has 1 saturated carbocycles. The van der Waals surface area contributed by atoms with Crippen LogP contribution in [0.2, 0.25) is 0 Å². The predicted octanol–water partition coefficient (Wildman–Crippen LogP) is 4.36. The van der Waals surface area contributed by atoms with Crippen LogP contribution in [0.4, 0.5) is 0 Å². The van der Waals surface area contributed by atoms with Gasteiger partial charge in [0.05, 0.1) is 0 Å². The van der Waals surface area contributed by atoms with Crippen molar-refractivity contribution in [3.05, 3.63) is 48.0 Å². The van der Waals surface area contributed by atoms with Gasteiger partial charge in [0.15, 0.2) is 0 Å². The minimum atomic E-state index is -0.467. The zero-order valence-corrected chi connectivity index (χ0v) is 14.4. The Kier molecular flexibility index (Phi) is 7.04. The summed E-state index contributed by atoms with van der Waals surface area (Å²) in [6.07, 6.45) is 8.70. The predicted molar refractivity (Wildman–Crippen MR) is 92.2 cm³/mol. The third-order valence-corrected chi connectivity index (χ3v) is 4.31. The van der Waals surface area contributed by atoms with Gasteiger partial charge in [0.2, 0.25) is 0 Å². The quantitative estimate of drug-likeness (QED) is 0.574. The molecule has 4 nitrogen and oxygen atoms in total. The highest BCUT2D eigenvalue weighted by Gasteiger charge is 2.24. The molecule has 2 rings (SSSR count). The van der Waals surface area contributed by atoms with Gasteiger partial charge in [-0.1, -0.05) is 49.6 Å². The highest BCUT2D eigenvalue weighted by atomic mass is 16.5. The summed E-state index contributed by atoms with van der Waals surface area (Å²) in [5.41, 5.74) is 0.897. The zero-order chi connectivity index (χ0) is 17.4. The molecule has 0 aliphatic heterocycles. The van der Waals surface area contributed by atoms with Crippen molar-refractivity contribution < 1.29 is 19.1 Å². The minimum absolute atomic E-state index is 0.260. The Bertz CT molecular complexity index is 558. The Morgan fingerprint density at radius 2 is 1.58 bits per heavy atom. The van der Waals surface area contributed by atoms with E-state index in [0.717, 1.165) is 18.4 Å². The smallest absolute Gasteiger partial charge is 0.303 e. The molecule has 0 bridgehead atoms. The second-order valence-corrected chi connectivity index (χ2v) is 6.30. The van der Waals surface area contributed by atoms with E-state index in [1.54, 1.807) is 0 Å². The first-order chi connectivity index (χ1) is 11.6. The fourth-order valence-electron chi connectivity index (χ4n) is 3.20. The molecule has 0 unspecified atom stereocenters. The Hall–Kier alpha value is -2.10. The molecule has 0 aromatic heterocycles. The van der Waals surface area contributed by atoms with Gasteiger partial charge in [0, 0.05) is 13.8 Å².